The van der Waals surface area contributed by atoms with Gasteiger partial charge in [-0.25, -0.2) is 4.39 Å². The maximum atomic E-state index is 13.7. The molecule has 0 spiro atoms. The predicted molar refractivity (Wildman–Crippen MR) is 173 cm³/mol. The Morgan fingerprint density at radius 1 is 0.512 bits per heavy atom. The van der Waals surface area contributed by atoms with Crippen molar-refractivity contribution >= 4 is 44.2 Å². The Morgan fingerprint density at radius 2 is 1.05 bits per heavy atom. The van der Waals surface area contributed by atoms with Crippen LogP contribution in [0.5, 0.6) is 0 Å². The fourth-order valence-electron chi connectivity index (χ4n) is 5.96. The van der Waals surface area contributed by atoms with Gasteiger partial charge in [-0.3, -0.25) is 4.57 Å². The molecule has 0 amide bonds. The maximum absolute atomic E-state index is 13.7. The first kappa shape index (κ1) is 25.3. The quantitative estimate of drug-likeness (QED) is 0.209. The van der Waals surface area contributed by atoms with Crippen molar-refractivity contribution in [1.29, 1.82) is 0 Å². The molecule has 2 heterocycles. The molecule has 2 aromatic heterocycles. The molecule has 0 aliphatic heterocycles. The second-order valence-corrected chi connectivity index (χ2v) is 10.7. The highest BCUT2D eigenvalue weighted by Gasteiger charge is 2.17. The van der Waals surface area contributed by atoms with E-state index in [1.54, 1.807) is 0 Å². The molecule has 4 nitrogen and oxygen atoms in total. The molecule has 43 heavy (non-hydrogen) atoms. The highest BCUT2D eigenvalue weighted by molar-refractivity contribution is 6.28. The Balaban J connectivity index is 1.24. The summed E-state index contributed by atoms with van der Waals surface area (Å²) >= 11 is 6.50. The van der Waals surface area contributed by atoms with E-state index >= 15 is 0 Å². The van der Waals surface area contributed by atoms with Gasteiger partial charge in [0.2, 0.25) is 11.2 Å². The Morgan fingerprint density at radius 3 is 1.65 bits per heavy atom. The lowest BCUT2D eigenvalue weighted by atomic mass is 9.91. The minimum absolute atomic E-state index is 0.129. The smallest absolute Gasteiger partial charge is 0.239 e. The zero-order valence-corrected chi connectivity index (χ0v) is 23.5. The molecule has 0 radical (unpaired) electrons. The van der Waals surface area contributed by atoms with Crippen LogP contribution in [-0.4, -0.2) is 19.5 Å². The van der Waals surface area contributed by atoms with E-state index in [-0.39, 0.29) is 11.1 Å². The van der Waals surface area contributed by atoms with Gasteiger partial charge in [-0.1, -0.05) is 109 Å². The molecule has 6 aromatic carbocycles. The van der Waals surface area contributed by atoms with Crippen LogP contribution in [0, 0.1) is 5.82 Å². The van der Waals surface area contributed by atoms with Crippen molar-refractivity contribution in [3.05, 3.63) is 145 Å². The third-order valence-electron chi connectivity index (χ3n) is 7.89. The molecule has 0 unspecified atom stereocenters. The normalized spacial score (nSPS) is 11.5. The molecule has 0 bridgehead atoms. The predicted octanol–water partition coefficient (Wildman–Crippen LogP) is 9.92. The van der Waals surface area contributed by atoms with Crippen LogP contribution in [-0.2, 0) is 0 Å². The van der Waals surface area contributed by atoms with E-state index in [1.807, 2.05) is 59.2 Å². The number of rotatable bonds is 4. The lowest BCUT2D eigenvalue weighted by Crippen LogP contribution is -2.04. The van der Waals surface area contributed by atoms with Gasteiger partial charge < -0.3 is 0 Å². The van der Waals surface area contributed by atoms with Crippen molar-refractivity contribution in [2.24, 2.45) is 0 Å². The van der Waals surface area contributed by atoms with Crippen molar-refractivity contribution in [3.8, 4) is 39.6 Å². The number of fused-ring (bicyclic) bond motifs is 4. The molecular formula is C37H22ClFN4. The molecule has 6 heteroatoms. The van der Waals surface area contributed by atoms with E-state index in [2.05, 4.69) is 76.7 Å². The van der Waals surface area contributed by atoms with Crippen LogP contribution in [0.25, 0.3) is 72.2 Å². The Kier molecular flexibility index (Phi) is 5.98. The second-order valence-electron chi connectivity index (χ2n) is 10.4. The van der Waals surface area contributed by atoms with Crippen LogP contribution in [0.1, 0.15) is 0 Å². The average molecular weight is 577 g/mol. The van der Waals surface area contributed by atoms with E-state index in [9.17, 15) is 4.39 Å². The first-order valence-electron chi connectivity index (χ1n) is 13.9. The van der Waals surface area contributed by atoms with Gasteiger partial charge in [0.05, 0.1) is 11.0 Å². The number of aromatic nitrogens is 4. The van der Waals surface area contributed by atoms with Crippen LogP contribution < -0.4 is 0 Å². The second kappa shape index (κ2) is 10.2. The minimum atomic E-state index is -0.250. The van der Waals surface area contributed by atoms with Gasteiger partial charge in [0.25, 0.3) is 0 Å². The molecule has 0 saturated carbocycles. The first-order chi connectivity index (χ1) is 21.1. The SMILES string of the molecule is Fc1ccc(-c2cccc3cccc(-c4ccc(-c5nc(Cl)nc(-n6c7ccccc7c7ccccc76)n5)cc4)c23)cc1. The number of halogens is 2. The number of hydrogen-bond donors (Lipinski definition) is 0. The summed E-state index contributed by atoms with van der Waals surface area (Å²) in [7, 11) is 0. The zero-order chi connectivity index (χ0) is 28.9. The molecular weight excluding hydrogens is 555 g/mol. The van der Waals surface area contributed by atoms with Crippen molar-refractivity contribution in [2.75, 3.05) is 0 Å². The third kappa shape index (κ3) is 4.33. The lowest BCUT2D eigenvalue weighted by Gasteiger charge is -2.13. The standard InChI is InChI=1S/C37H22ClFN4/c38-36-40-35(41-37(42-36)43-32-13-3-1-9-30(32)31-10-2-4-14-33(31)43)26-17-15-23(16-18-26)28-11-5-7-25-8-6-12-29(34(25)28)24-19-21-27(39)22-20-24/h1-22H. The van der Waals surface area contributed by atoms with E-state index in [0.29, 0.717) is 11.8 Å². The molecule has 0 fully saturated rings. The molecule has 0 saturated heterocycles. The fourth-order valence-corrected chi connectivity index (χ4v) is 6.11. The van der Waals surface area contributed by atoms with Gasteiger partial charge in [-0.15, -0.1) is 0 Å². The van der Waals surface area contributed by atoms with Crippen LogP contribution in [0.15, 0.2) is 133 Å². The van der Waals surface area contributed by atoms with Gasteiger partial charge in [0.15, 0.2) is 5.82 Å². The molecule has 0 atom stereocenters. The molecule has 204 valence electrons. The summed E-state index contributed by atoms with van der Waals surface area (Å²) in [6, 6.07) is 43.7. The summed E-state index contributed by atoms with van der Waals surface area (Å²) in [5, 5.41) is 4.60. The number of para-hydroxylation sites is 2. The van der Waals surface area contributed by atoms with Crippen LogP contribution in [0.2, 0.25) is 5.28 Å². The highest BCUT2D eigenvalue weighted by Crippen LogP contribution is 2.37. The highest BCUT2D eigenvalue weighted by atomic mass is 35.5. The molecule has 0 N–H and O–H groups in total. The Hall–Kier alpha value is -5.39. The van der Waals surface area contributed by atoms with Gasteiger partial charge in [-0.2, -0.15) is 15.0 Å². The van der Waals surface area contributed by atoms with Gasteiger partial charge in [0.1, 0.15) is 5.82 Å². The average Bonchev–Trinajstić information content (AvgIpc) is 3.39. The van der Waals surface area contributed by atoms with Crippen molar-refractivity contribution in [1.82, 2.24) is 19.5 Å². The Labute approximate surface area is 251 Å². The van der Waals surface area contributed by atoms with Crippen molar-refractivity contribution < 1.29 is 4.39 Å². The lowest BCUT2D eigenvalue weighted by molar-refractivity contribution is 0.628. The number of nitrogens with zero attached hydrogens (tertiary/aromatic N) is 4. The molecule has 8 aromatic rings. The number of hydrogen-bond acceptors (Lipinski definition) is 3. The van der Waals surface area contributed by atoms with Gasteiger partial charge in [-0.05, 0) is 68.9 Å². The van der Waals surface area contributed by atoms with Gasteiger partial charge in [0, 0.05) is 16.3 Å². The van der Waals surface area contributed by atoms with E-state index in [1.165, 1.54) is 12.1 Å². The van der Waals surface area contributed by atoms with Gasteiger partial charge >= 0.3 is 0 Å². The molecule has 0 aliphatic rings. The fraction of sp³-hybridized carbons (Fsp3) is 0. The van der Waals surface area contributed by atoms with Crippen LogP contribution >= 0.6 is 11.6 Å². The van der Waals surface area contributed by atoms with Crippen molar-refractivity contribution in [3.63, 3.8) is 0 Å². The summed E-state index contributed by atoms with van der Waals surface area (Å²) < 4.78 is 15.7. The minimum Gasteiger partial charge on any atom is -0.278 e. The van der Waals surface area contributed by atoms with E-state index in [4.69, 9.17) is 16.6 Å². The first-order valence-corrected chi connectivity index (χ1v) is 14.3. The maximum Gasteiger partial charge on any atom is 0.239 e. The molecule has 8 rings (SSSR count). The molecule has 0 aliphatic carbocycles. The van der Waals surface area contributed by atoms with E-state index < -0.39 is 0 Å². The summed E-state index contributed by atoms with van der Waals surface area (Å²) in [6.07, 6.45) is 0. The monoisotopic (exact) mass is 576 g/mol. The van der Waals surface area contributed by atoms with Crippen molar-refractivity contribution in [2.45, 2.75) is 0 Å². The third-order valence-corrected chi connectivity index (χ3v) is 8.06. The summed E-state index contributed by atoms with van der Waals surface area (Å²) in [6.45, 7) is 0. The summed E-state index contributed by atoms with van der Waals surface area (Å²) in [5.41, 5.74) is 6.98. The summed E-state index contributed by atoms with van der Waals surface area (Å²) in [5.74, 6) is 0.711. The van der Waals surface area contributed by atoms with E-state index in [0.717, 1.165) is 60.4 Å². The Bertz CT molecular complexity index is 2250. The summed E-state index contributed by atoms with van der Waals surface area (Å²) in [4.78, 5) is 13.9. The zero-order valence-electron chi connectivity index (χ0n) is 22.7. The topological polar surface area (TPSA) is 43.6 Å². The van der Waals surface area contributed by atoms with Crippen LogP contribution in [0.4, 0.5) is 4.39 Å². The largest absolute Gasteiger partial charge is 0.278 e. The number of benzene rings is 6. The van der Waals surface area contributed by atoms with Crippen LogP contribution in [0.3, 0.4) is 0 Å².